The molecule has 0 bridgehead atoms. The number of rotatable bonds is 3. The van der Waals surface area contributed by atoms with Crippen molar-refractivity contribution in [1.29, 1.82) is 0 Å². The Kier molecular flexibility index (Phi) is 2.72. The van der Waals surface area contributed by atoms with Crippen molar-refractivity contribution in [2.75, 3.05) is 0 Å². The molecule has 0 radical (unpaired) electrons. The summed E-state index contributed by atoms with van der Waals surface area (Å²) in [4.78, 5) is 0. The fourth-order valence-corrected chi connectivity index (χ4v) is 5.32. The van der Waals surface area contributed by atoms with Crippen LogP contribution in [0.3, 0.4) is 0 Å². The van der Waals surface area contributed by atoms with Gasteiger partial charge in [-0.15, -0.1) is 0 Å². The lowest BCUT2D eigenvalue weighted by molar-refractivity contribution is 0.670. The summed E-state index contributed by atoms with van der Waals surface area (Å²) >= 11 is 0. The second-order valence-electron chi connectivity index (χ2n) is 9.06. The minimum atomic E-state index is -0.529. The molecule has 0 atom stereocenters. The molecule has 182 valence electrons. The van der Waals surface area contributed by atoms with Gasteiger partial charge in [0.1, 0.15) is 11.2 Å². The lowest BCUT2D eigenvalue weighted by atomic mass is 9.85. The molecule has 0 saturated carbocycles. The summed E-state index contributed by atoms with van der Waals surface area (Å²) in [6, 6.07) is 11.4. The van der Waals surface area contributed by atoms with Gasteiger partial charge in [-0.1, -0.05) is 133 Å². The first-order chi connectivity index (χ1) is 25.1. The van der Waals surface area contributed by atoms with Crippen molar-refractivity contribution in [1.82, 2.24) is 0 Å². The zero-order chi connectivity index (χ0) is 37.9. The highest BCUT2D eigenvalue weighted by Gasteiger charge is 2.17. The molecule has 1 heteroatoms. The van der Waals surface area contributed by atoms with Crippen LogP contribution in [0, 0.1) is 0 Å². The monoisotopic (exact) mass is 510 g/mol. The van der Waals surface area contributed by atoms with Crippen molar-refractivity contribution in [3.8, 4) is 33.4 Å². The van der Waals surface area contributed by atoms with E-state index in [0.29, 0.717) is 49.4 Å². The first-order valence-electron chi connectivity index (χ1n) is 19.2. The van der Waals surface area contributed by atoms with E-state index in [9.17, 15) is 0 Å². The lowest BCUT2D eigenvalue weighted by Crippen LogP contribution is -1.91. The topological polar surface area (TPSA) is 13.1 Å². The van der Waals surface area contributed by atoms with Gasteiger partial charge in [0, 0.05) is 16.3 Å². The van der Waals surface area contributed by atoms with Crippen molar-refractivity contribution in [2.24, 2.45) is 0 Å². The molecule has 0 aliphatic carbocycles. The second-order valence-corrected chi connectivity index (χ2v) is 9.06. The van der Waals surface area contributed by atoms with Crippen LogP contribution in [0.15, 0.2) is 150 Å². The minimum Gasteiger partial charge on any atom is -0.455 e. The largest absolute Gasteiger partial charge is 0.455 e. The van der Waals surface area contributed by atoms with Crippen molar-refractivity contribution in [3.63, 3.8) is 0 Å². The fraction of sp³-hybridized carbons (Fsp3) is 0. The van der Waals surface area contributed by atoms with E-state index in [1.165, 1.54) is 36.4 Å². The fourth-order valence-electron chi connectivity index (χ4n) is 5.32. The molecule has 0 N–H and O–H groups in total. The predicted molar refractivity (Wildman–Crippen MR) is 165 cm³/mol. The summed E-state index contributed by atoms with van der Waals surface area (Å²) in [6.45, 7) is 0. The quantitative estimate of drug-likeness (QED) is 0.215. The first-order valence-corrected chi connectivity index (χ1v) is 12.2. The van der Waals surface area contributed by atoms with E-state index in [1.807, 2.05) is 0 Å². The number of hydrogen-bond donors (Lipinski definition) is 0. The predicted octanol–water partition coefficient (Wildman–Crippen LogP) is 10.9. The maximum atomic E-state index is 8.96. The molecule has 0 aliphatic heterocycles. The molecular weight excluding hydrogens is 472 g/mol. The Morgan fingerprint density at radius 2 is 1.03 bits per heavy atom. The Morgan fingerprint density at radius 1 is 0.436 bits per heavy atom. The number of hydrogen-bond acceptors (Lipinski definition) is 1. The van der Waals surface area contributed by atoms with Gasteiger partial charge in [0.15, 0.2) is 0 Å². The van der Waals surface area contributed by atoms with Crippen LogP contribution >= 0.6 is 0 Å². The van der Waals surface area contributed by atoms with Gasteiger partial charge >= 0.3 is 0 Å². The summed E-state index contributed by atoms with van der Waals surface area (Å²) in [5, 5.41) is 1.78. The van der Waals surface area contributed by atoms with E-state index in [-0.39, 0.29) is 75.8 Å². The molecular formula is C38H24O. The van der Waals surface area contributed by atoms with E-state index in [2.05, 4.69) is 0 Å². The Bertz CT molecular complexity index is 2860. The van der Waals surface area contributed by atoms with Gasteiger partial charge < -0.3 is 4.42 Å². The van der Waals surface area contributed by atoms with Gasteiger partial charge in [0.25, 0.3) is 0 Å². The number of para-hydroxylation sites is 2. The smallest absolute Gasteiger partial charge is 0.143 e. The van der Waals surface area contributed by atoms with Crippen molar-refractivity contribution in [2.45, 2.75) is 0 Å². The van der Waals surface area contributed by atoms with Crippen LogP contribution in [0.4, 0.5) is 0 Å². The molecule has 0 aliphatic rings. The Hall–Kier alpha value is -5.14. The van der Waals surface area contributed by atoms with Crippen molar-refractivity contribution < 1.29 is 23.6 Å². The van der Waals surface area contributed by atoms with Gasteiger partial charge in [0.05, 0.1) is 19.2 Å². The zero-order valence-corrected chi connectivity index (χ0v) is 20.2. The van der Waals surface area contributed by atoms with Gasteiger partial charge in [-0.2, -0.15) is 0 Å². The standard InChI is InChI=1S/C38H24O/c1-2-12-25(13-3-1)36-30-17-4-6-19-32(30)37(33-20-7-5-18-31(33)36)27-15-10-14-26(24-27)28-21-11-22-34-29-16-8-9-23-35(29)39-38(28)34/h1-24H/i1D,2D,3D,4D,5D,6D,7D,8D,9D,11D,16D,21D,22D,23D. The molecule has 0 unspecified atom stereocenters. The highest BCUT2D eigenvalue weighted by Crippen LogP contribution is 2.44. The van der Waals surface area contributed by atoms with E-state index in [0.717, 1.165) is 0 Å². The summed E-state index contributed by atoms with van der Waals surface area (Å²) in [5.74, 6) is 0. The Morgan fingerprint density at radius 3 is 1.74 bits per heavy atom. The van der Waals surface area contributed by atoms with Crippen LogP contribution in [0.2, 0.25) is 0 Å². The van der Waals surface area contributed by atoms with Crippen LogP contribution < -0.4 is 0 Å². The molecule has 7 aromatic carbocycles. The second kappa shape index (κ2) is 8.72. The SMILES string of the molecule is [2H]c1cc2c(-c3cccc(-c4c([2H])c([2H])c([2H])c5c4oc4c([2H])c([2H])c([2H])c([2H])c45)c3)c3cc([2H])c([2H])cc3c(-c3cc([2H])c([2H])c([2H])c3)c2cc1[2H]. The molecule has 8 rings (SSSR count). The maximum Gasteiger partial charge on any atom is 0.143 e. The van der Waals surface area contributed by atoms with Crippen LogP contribution in [0.5, 0.6) is 0 Å². The van der Waals surface area contributed by atoms with Crippen LogP contribution in [0.25, 0.3) is 76.9 Å². The van der Waals surface area contributed by atoms with Crippen molar-refractivity contribution >= 4 is 43.5 Å². The van der Waals surface area contributed by atoms with Crippen molar-refractivity contribution in [3.05, 3.63) is 145 Å². The van der Waals surface area contributed by atoms with Crippen LogP contribution in [0.1, 0.15) is 19.2 Å². The molecule has 1 heterocycles. The molecule has 0 saturated heterocycles. The summed E-state index contributed by atoms with van der Waals surface area (Å²) in [6.07, 6.45) is 0. The molecule has 0 amide bonds. The highest BCUT2D eigenvalue weighted by molar-refractivity contribution is 6.21. The Labute approximate surface area is 246 Å². The third-order valence-electron chi connectivity index (χ3n) is 6.96. The Balaban J connectivity index is 1.50. The average Bonchev–Trinajstić information content (AvgIpc) is 3.52. The number of furan rings is 1. The van der Waals surface area contributed by atoms with E-state index >= 15 is 0 Å². The number of fused-ring (bicyclic) bond motifs is 5. The van der Waals surface area contributed by atoms with E-state index < -0.39 is 36.3 Å². The summed E-state index contributed by atoms with van der Waals surface area (Å²) in [5.41, 5.74) is 2.02. The highest BCUT2D eigenvalue weighted by atomic mass is 16.3. The summed E-state index contributed by atoms with van der Waals surface area (Å²) in [7, 11) is 0. The van der Waals surface area contributed by atoms with Crippen LogP contribution in [-0.4, -0.2) is 0 Å². The van der Waals surface area contributed by atoms with E-state index in [4.69, 9.17) is 23.6 Å². The zero-order valence-electron chi connectivity index (χ0n) is 34.2. The maximum absolute atomic E-state index is 8.96. The van der Waals surface area contributed by atoms with Gasteiger partial charge in [-0.05, 0) is 61.5 Å². The van der Waals surface area contributed by atoms with Crippen LogP contribution in [-0.2, 0) is 0 Å². The third kappa shape index (κ3) is 3.41. The first kappa shape index (κ1) is 12.1. The normalized spacial score (nSPS) is 16.6. The van der Waals surface area contributed by atoms with Gasteiger partial charge in [-0.25, -0.2) is 0 Å². The van der Waals surface area contributed by atoms with Gasteiger partial charge in [-0.3, -0.25) is 0 Å². The minimum absolute atomic E-state index is 0.0291. The molecule has 0 fully saturated rings. The average molecular weight is 511 g/mol. The van der Waals surface area contributed by atoms with E-state index in [1.54, 1.807) is 24.3 Å². The molecule has 8 aromatic rings. The van der Waals surface area contributed by atoms with Gasteiger partial charge in [0.2, 0.25) is 0 Å². The molecule has 1 aromatic heterocycles. The molecule has 39 heavy (non-hydrogen) atoms. The summed E-state index contributed by atoms with van der Waals surface area (Å²) < 4.78 is 125. The lowest BCUT2D eigenvalue weighted by Gasteiger charge is -2.18. The number of benzene rings is 7. The third-order valence-corrected chi connectivity index (χ3v) is 6.96. The molecule has 1 nitrogen and oxygen atoms in total. The molecule has 0 spiro atoms.